The Balaban J connectivity index is 1.29. The number of anilines is 4. The molecule has 1 heterocycles. The molecular formula is C27H30BrN5O3. The van der Waals surface area contributed by atoms with Crippen LogP contribution in [0.3, 0.4) is 0 Å². The third-order valence-electron chi connectivity index (χ3n) is 6.11. The third kappa shape index (κ3) is 6.09. The fourth-order valence-electron chi connectivity index (χ4n) is 4.10. The third-order valence-corrected chi connectivity index (χ3v) is 6.78. The van der Waals surface area contributed by atoms with E-state index in [1.807, 2.05) is 79.4 Å². The molecule has 0 spiro atoms. The Hall–Kier alpha value is -3.72. The molecule has 36 heavy (non-hydrogen) atoms. The van der Waals surface area contributed by atoms with Gasteiger partial charge in [-0.1, -0.05) is 18.2 Å². The number of nitrogens with one attached hydrogen (secondary N) is 3. The van der Waals surface area contributed by atoms with Gasteiger partial charge in [0.15, 0.2) is 0 Å². The Kier molecular flexibility index (Phi) is 8.00. The molecule has 0 radical (unpaired) electrons. The molecule has 8 nitrogen and oxygen atoms in total. The van der Waals surface area contributed by atoms with Crippen LogP contribution in [0.15, 0.2) is 65.1 Å². The summed E-state index contributed by atoms with van der Waals surface area (Å²) in [6.45, 7) is 6.62. The second-order valence-corrected chi connectivity index (χ2v) is 9.52. The summed E-state index contributed by atoms with van der Waals surface area (Å²) < 4.78 is 6.19. The number of nitrogens with zero attached hydrogens (tertiary/aromatic N) is 2. The summed E-state index contributed by atoms with van der Waals surface area (Å²) in [6.07, 6.45) is 0. The maximum atomic E-state index is 12.8. The molecule has 1 aliphatic heterocycles. The number of ether oxygens (including phenoxy) is 1. The average molecular weight is 552 g/mol. The number of hydrogen-bond donors (Lipinski definition) is 3. The first-order chi connectivity index (χ1) is 17.3. The molecule has 0 atom stereocenters. The maximum Gasteiger partial charge on any atom is 0.323 e. The van der Waals surface area contributed by atoms with E-state index in [4.69, 9.17) is 4.74 Å². The zero-order chi connectivity index (χ0) is 25.7. The minimum atomic E-state index is -0.341. The highest BCUT2D eigenvalue weighted by Crippen LogP contribution is 2.27. The molecule has 188 valence electrons. The van der Waals surface area contributed by atoms with Gasteiger partial charge in [0.2, 0.25) is 0 Å². The van der Waals surface area contributed by atoms with Crippen LogP contribution >= 0.6 is 15.9 Å². The van der Waals surface area contributed by atoms with Crippen LogP contribution in [0.1, 0.15) is 11.1 Å². The number of rotatable bonds is 5. The lowest BCUT2D eigenvalue weighted by molar-refractivity contribution is 0.208. The number of aryl methyl sites for hydroxylation is 2. The molecule has 1 saturated heterocycles. The van der Waals surface area contributed by atoms with Gasteiger partial charge in [-0.3, -0.25) is 0 Å². The van der Waals surface area contributed by atoms with Crippen molar-refractivity contribution in [3.05, 3.63) is 76.3 Å². The monoisotopic (exact) mass is 551 g/mol. The molecule has 3 N–H and O–H groups in total. The first-order valence-electron chi connectivity index (χ1n) is 11.7. The standard InChI is InChI=1S/C27H30BrN5O3/c1-18-7-12-24(36-3)23(17-18)30-26(34)29-20-8-10-21(11-9-20)32-13-15-33(16-14-32)27(35)31-25-19(2)5-4-6-22(25)28/h4-12,17H,13-16H2,1-3H3,(H,31,35)(H2,29,30,34). The van der Waals surface area contributed by atoms with Crippen molar-refractivity contribution in [1.29, 1.82) is 0 Å². The van der Waals surface area contributed by atoms with E-state index in [-0.39, 0.29) is 12.1 Å². The van der Waals surface area contributed by atoms with Gasteiger partial charge in [0.05, 0.1) is 18.5 Å². The van der Waals surface area contributed by atoms with E-state index in [9.17, 15) is 9.59 Å². The lowest BCUT2D eigenvalue weighted by Crippen LogP contribution is -2.50. The van der Waals surface area contributed by atoms with Crippen molar-refractivity contribution < 1.29 is 14.3 Å². The lowest BCUT2D eigenvalue weighted by Gasteiger charge is -2.36. The zero-order valence-electron chi connectivity index (χ0n) is 20.6. The predicted octanol–water partition coefficient (Wildman–Crippen LogP) is 6.07. The number of carbonyl (C=O) groups excluding carboxylic acids is 2. The number of hydrogen-bond acceptors (Lipinski definition) is 4. The van der Waals surface area contributed by atoms with Gasteiger partial charge >= 0.3 is 12.1 Å². The molecule has 3 aromatic rings. The number of urea groups is 2. The minimum Gasteiger partial charge on any atom is -0.495 e. The van der Waals surface area contributed by atoms with E-state index in [2.05, 4.69) is 36.8 Å². The summed E-state index contributed by atoms with van der Waals surface area (Å²) in [5, 5.41) is 8.72. The minimum absolute atomic E-state index is 0.0968. The van der Waals surface area contributed by atoms with E-state index in [1.54, 1.807) is 7.11 Å². The summed E-state index contributed by atoms with van der Waals surface area (Å²) in [6, 6.07) is 18.7. The van der Waals surface area contributed by atoms with Crippen molar-refractivity contribution >= 4 is 50.7 Å². The SMILES string of the molecule is COc1ccc(C)cc1NC(=O)Nc1ccc(N2CCN(C(=O)Nc3c(C)cccc3Br)CC2)cc1. The molecule has 0 aromatic heterocycles. The topological polar surface area (TPSA) is 85.9 Å². The number of methoxy groups -OCH3 is 1. The van der Waals surface area contributed by atoms with Crippen molar-refractivity contribution in [3.63, 3.8) is 0 Å². The molecule has 0 aliphatic carbocycles. The Morgan fingerprint density at radius 2 is 1.61 bits per heavy atom. The van der Waals surface area contributed by atoms with Crippen LogP contribution in [0.5, 0.6) is 5.75 Å². The van der Waals surface area contributed by atoms with Gasteiger partial charge < -0.3 is 30.5 Å². The van der Waals surface area contributed by atoms with Crippen molar-refractivity contribution in [2.45, 2.75) is 13.8 Å². The van der Waals surface area contributed by atoms with Crippen LogP contribution in [0.4, 0.5) is 32.3 Å². The van der Waals surface area contributed by atoms with Crippen molar-refractivity contribution in [1.82, 2.24) is 4.90 Å². The normalized spacial score (nSPS) is 13.2. The number of carbonyl (C=O) groups is 2. The van der Waals surface area contributed by atoms with Crippen LogP contribution in [0, 0.1) is 13.8 Å². The van der Waals surface area contributed by atoms with Gasteiger partial charge in [0, 0.05) is 42.0 Å². The van der Waals surface area contributed by atoms with Crippen LogP contribution < -0.4 is 25.6 Å². The van der Waals surface area contributed by atoms with Crippen molar-refractivity contribution in [3.8, 4) is 5.75 Å². The molecule has 9 heteroatoms. The summed E-state index contributed by atoms with van der Waals surface area (Å²) in [5.41, 5.74) is 5.18. The first kappa shape index (κ1) is 25.4. The van der Waals surface area contributed by atoms with E-state index >= 15 is 0 Å². The largest absolute Gasteiger partial charge is 0.495 e. The highest BCUT2D eigenvalue weighted by atomic mass is 79.9. The predicted molar refractivity (Wildman–Crippen MR) is 148 cm³/mol. The molecule has 4 amide bonds. The zero-order valence-corrected chi connectivity index (χ0v) is 22.2. The van der Waals surface area contributed by atoms with E-state index in [0.717, 1.165) is 40.1 Å². The molecule has 0 unspecified atom stereocenters. The summed E-state index contributed by atoms with van der Waals surface area (Å²) in [7, 11) is 1.57. The summed E-state index contributed by atoms with van der Waals surface area (Å²) >= 11 is 3.51. The Labute approximate surface area is 219 Å². The quantitative estimate of drug-likeness (QED) is 0.359. The van der Waals surface area contributed by atoms with E-state index in [1.165, 1.54) is 0 Å². The van der Waals surface area contributed by atoms with E-state index in [0.29, 0.717) is 30.2 Å². The maximum absolute atomic E-state index is 12.8. The number of halogens is 1. The number of benzene rings is 3. The molecule has 0 saturated carbocycles. The highest BCUT2D eigenvalue weighted by Gasteiger charge is 2.22. The number of para-hydroxylation sites is 1. The lowest BCUT2D eigenvalue weighted by atomic mass is 10.2. The molecule has 1 fully saturated rings. The van der Waals surface area contributed by atoms with Crippen LogP contribution in [0.2, 0.25) is 0 Å². The molecule has 0 bridgehead atoms. The fraction of sp³-hybridized carbons (Fsp3) is 0.259. The van der Waals surface area contributed by atoms with Crippen molar-refractivity contribution in [2.24, 2.45) is 0 Å². The van der Waals surface area contributed by atoms with Gasteiger partial charge in [0.1, 0.15) is 5.75 Å². The summed E-state index contributed by atoms with van der Waals surface area (Å²) in [5.74, 6) is 0.602. The molecular weight excluding hydrogens is 522 g/mol. The number of amides is 4. The second-order valence-electron chi connectivity index (χ2n) is 8.67. The Bertz CT molecular complexity index is 1220. The van der Waals surface area contributed by atoms with Gasteiger partial charge in [0.25, 0.3) is 0 Å². The molecule has 1 aliphatic rings. The van der Waals surface area contributed by atoms with Gasteiger partial charge in [-0.2, -0.15) is 0 Å². The highest BCUT2D eigenvalue weighted by molar-refractivity contribution is 9.10. The smallest absolute Gasteiger partial charge is 0.323 e. The first-order valence-corrected chi connectivity index (χ1v) is 12.5. The fourth-order valence-corrected chi connectivity index (χ4v) is 4.67. The van der Waals surface area contributed by atoms with Gasteiger partial charge in [-0.25, -0.2) is 9.59 Å². The number of piperazine rings is 1. The summed E-state index contributed by atoms with van der Waals surface area (Å²) in [4.78, 5) is 29.3. The molecule has 4 rings (SSSR count). The van der Waals surface area contributed by atoms with Crippen molar-refractivity contribution in [2.75, 3.05) is 54.1 Å². The van der Waals surface area contributed by atoms with Crippen LogP contribution in [-0.4, -0.2) is 50.3 Å². The van der Waals surface area contributed by atoms with E-state index < -0.39 is 0 Å². The van der Waals surface area contributed by atoms with Gasteiger partial charge in [-0.15, -0.1) is 0 Å². The average Bonchev–Trinajstić information content (AvgIpc) is 2.87. The second kappa shape index (κ2) is 11.3. The Morgan fingerprint density at radius 1 is 0.889 bits per heavy atom. The van der Waals surface area contributed by atoms with Crippen LogP contribution in [-0.2, 0) is 0 Å². The Morgan fingerprint density at radius 3 is 2.28 bits per heavy atom. The molecule has 3 aromatic carbocycles. The van der Waals surface area contributed by atoms with Crippen LogP contribution in [0.25, 0.3) is 0 Å². The van der Waals surface area contributed by atoms with Gasteiger partial charge in [-0.05, 0) is 83.4 Å².